The summed E-state index contributed by atoms with van der Waals surface area (Å²) in [5, 5.41) is 2.26. The number of fused-ring (bicyclic) bond motifs is 8. The van der Waals surface area contributed by atoms with Crippen molar-refractivity contribution in [3.8, 4) is 5.75 Å². The Bertz CT molecular complexity index is 1770. The lowest BCUT2D eigenvalue weighted by Gasteiger charge is -2.58. The molecule has 48 heavy (non-hydrogen) atoms. The highest BCUT2D eigenvalue weighted by atomic mass is 16.6. The van der Waals surface area contributed by atoms with Crippen LogP contribution >= 0.6 is 0 Å². The second-order valence-corrected chi connectivity index (χ2v) is 16.9. The van der Waals surface area contributed by atoms with Gasteiger partial charge in [0.2, 0.25) is 0 Å². The van der Waals surface area contributed by atoms with Crippen LogP contribution in [0.4, 0.5) is 0 Å². The summed E-state index contributed by atoms with van der Waals surface area (Å²) in [6.45, 7) is 14.2. The first kappa shape index (κ1) is 33.4. The average molecular weight is 653 g/mol. The van der Waals surface area contributed by atoms with Gasteiger partial charge < -0.3 is 13.9 Å². The lowest BCUT2D eigenvalue weighted by Crippen LogP contribution is -2.51. The van der Waals surface area contributed by atoms with Gasteiger partial charge in [-0.3, -0.25) is 0 Å². The molecule has 5 heteroatoms. The standard InChI is InChI=1S/C43H56O5/c1-26(2)10-9-11-27(3)35-17-18-36-34-15-14-29-24-30(20-22-42(29,5)37(34)21-23-43(35,36)6)47-39(44)25-46-38-19-16-32-31-12-7-8-13-33(31)41(45)48-40(32)28(38)4/h7-8,12-14,16,19,26-27,30,34-37H,9-11,15,17-18,20-25H2,1-6H3/t27-,30-,34+,35-,36+,37-,42-,43+/m1/s1. The smallest absolute Gasteiger partial charge is 0.344 e. The second kappa shape index (κ2) is 13.0. The molecule has 0 amide bonds. The third-order valence-corrected chi connectivity index (χ3v) is 13.9. The van der Waals surface area contributed by atoms with Gasteiger partial charge in [0.15, 0.2) is 6.61 Å². The number of ether oxygens (including phenoxy) is 2. The summed E-state index contributed by atoms with van der Waals surface area (Å²) in [5.41, 5.74) is 3.07. The molecule has 3 aromatic rings. The molecule has 2 aromatic carbocycles. The van der Waals surface area contributed by atoms with E-state index in [4.69, 9.17) is 13.9 Å². The average Bonchev–Trinajstić information content (AvgIpc) is 3.42. The number of carbonyl (C=O) groups is 1. The van der Waals surface area contributed by atoms with Gasteiger partial charge in [0, 0.05) is 17.4 Å². The number of benzene rings is 2. The van der Waals surface area contributed by atoms with Crippen molar-refractivity contribution in [2.45, 2.75) is 118 Å². The summed E-state index contributed by atoms with van der Waals surface area (Å²) in [7, 11) is 0. The molecule has 258 valence electrons. The summed E-state index contributed by atoms with van der Waals surface area (Å²) in [6.07, 6.45) is 16.2. The molecule has 1 heterocycles. The minimum absolute atomic E-state index is 0.101. The van der Waals surface area contributed by atoms with E-state index >= 15 is 0 Å². The molecule has 0 spiro atoms. The van der Waals surface area contributed by atoms with E-state index in [0.29, 0.717) is 27.7 Å². The zero-order chi connectivity index (χ0) is 33.8. The van der Waals surface area contributed by atoms with Crippen molar-refractivity contribution in [3.63, 3.8) is 0 Å². The first-order chi connectivity index (χ1) is 23.0. The molecular formula is C43H56O5. The van der Waals surface area contributed by atoms with Gasteiger partial charge in [-0.1, -0.05) is 83.7 Å². The zero-order valence-corrected chi connectivity index (χ0v) is 30.1. The molecule has 1 aromatic heterocycles. The van der Waals surface area contributed by atoms with Crippen molar-refractivity contribution in [3.05, 3.63) is 64.0 Å². The predicted molar refractivity (Wildman–Crippen MR) is 193 cm³/mol. The highest BCUT2D eigenvalue weighted by molar-refractivity contribution is 6.05. The molecular weight excluding hydrogens is 596 g/mol. The van der Waals surface area contributed by atoms with Crippen LogP contribution in [-0.4, -0.2) is 18.7 Å². The lowest BCUT2D eigenvalue weighted by atomic mass is 9.47. The number of hydrogen-bond acceptors (Lipinski definition) is 5. The Morgan fingerprint density at radius 2 is 1.73 bits per heavy atom. The Balaban J connectivity index is 0.974. The molecule has 4 aliphatic carbocycles. The first-order valence-corrected chi connectivity index (χ1v) is 19.0. The summed E-state index contributed by atoms with van der Waals surface area (Å²) < 4.78 is 17.7. The normalized spacial score (nSPS) is 32.0. The maximum absolute atomic E-state index is 13.1. The van der Waals surface area contributed by atoms with E-state index in [0.717, 1.165) is 65.5 Å². The molecule has 7 rings (SSSR count). The SMILES string of the molecule is Cc1c(OCC(=O)O[C@@H]2CC[C@]3(C)C(=CC[C@@H]4[C@H]3CC[C@@]3(C)[C@@H]([C@H](C)CCCC(C)C)CC[C@@H]43)C2)ccc2c1oc(=O)c1ccccc12. The van der Waals surface area contributed by atoms with Crippen LogP contribution in [-0.2, 0) is 9.53 Å². The largest absolute Gasteiger partial charge is 0.481 e. The van der Waals surface area contributed by atoms with Gasteiger partial charge in [-0.15, -0.1) is 0 Å². The molecule has 0 bridgehead atoms. The Morgan fingerprint density at radius 1 is 0.938 bits per heavy atom. The van der Waals surface area contributed by atoms with E-state index in [9.17, 15) is 9.59 Å². The monoisotopic (exact) mass is 652 g/mol. The van der Waals surface area contributed by atoms with Crippen LogP contribution in [0.2, 0.25) is 0 Å². The number of aryl methyl sites for hydroxylation is 1. The zero-order valence-electron chi connectivity index (χ0n) is 30.1. The third kappa shape index (κ3) is 5.81. The number of hydrogen-bond donors (Lipinski definition) is 0. The van der Waals surface area contributed by atoms with Gasteiger partial charge in [-0.05, 0) is 122 Å². The highest BCUT2D eigenvalue weighted by Crippen LogP contribution is 2.67. The van der Waals surface area contributed by atoms with Gasteiger partial charge in [-0.25, -0.2) is 9.59 Å². The Kier molecular flexibility index (Phi) is 9.04. The lowest BCUT2D eigenvalue weighted by molar-refractivity contribution is -0.153. The summed E-state index contributed by atoms with van der Waals surface area (Å²) in [4.78, 5) is 25.7. The van der Waals surface area contributed by atoms with Crippen LogP contribution in [0.3, 0.4) is 0 Å². The van der Waals surface area contributed by atoms with Crippen molar-refractivity contribution < 1.29 is 18.7 Å². The fraction of sp³-hybridized carbons (Fsp3) is 0.628. The van der Waals surface area contributed by atoms with Crippen molar-refractivity contribution in [1.29, 1.82) is 0 Å². The molecule has 5 nitrogen and oxygen atoms in total. The molecule has 0 unspecified atom stereocenters. The Hall–Kier alpha value is -3.08. The van der Waals surface area contributed by atoms with Crippen LogP contribution in [0.1, 0.15) is 111 Å². The number of carbonyl (C=O) groups excluding carboxylic acids is 1. The minimum atomic E-state index is -0.373. The second-order valence-electron chi connectivity index (χ2n) is 16.9. The molecule has 0 radical (unpaired) electrons. The maximum atomic E-state index is 13.1. The van der Waals surface area contributed by atoms with Gasteiger partial charge in [0.25, 0.3) is 0 Å². The molecule has 0 N–H and O–H groups in total. The van der Waals surface area contributed by atoms with Gasteiger partial charge in [0.05, 0.1) is 5.39 Å². The summed E-state index contributed by atoms with van der Waals surface area (Å²) in [5.74, 6) is 5.10. The molecule has 4 aliphatic rings. The summed E-state index contributed by atoms with van der Waals surface area (Å²) in [6, 6.07) is 11.2. The predicted octanol–water partition coefficient (Wildman–Crippen LogP) is 10.6. The van der Waals surface area contributed by atoms with Crippen LogP contribution in [0.25, 0.3) is 21.7 Å². The molecule has 3 fully saturated rings. The van der Waals surface area contributed by atoms with Crippen molar-refractivity contribution in [2.24, 2.45) is 46.3 Å². The molecule has 8 atom stereocenters. The molecule has 3 saturated carbocycles. The Morgan fingerprint density at radius 3 is 2.52 bits per heavy atom. The van der Waals surface area contributed by atoms with Crippen molar-refractivity contribution in [1.82, 2.24) is 0 Å². The van der Waals surface area contributed by atoms with Crippen molar-refractivity contribution >= 4 is 27.7 Å². The van der Waals surface area contributed by atoms with E-state index in [1.807, 2.05) is 37.3 Å². The van der Waals surface area contributed by atoms with Crippen LogP contribution in [0.15, 0.2) is 57.3 Å². The highest BCUT2D eigenvalue weighted by Gasteiger charge is 2.59. The van der Waals surface area contributed by atoms with Gasteiger partial charge in [0.1, 0.15) is 17.4 Å². The Labute approximate surface area is 286 Å². The van der Waals surface area contributed by atoms with Crippen LogP contribution < -0.4 is 10.4 Å². The first-order valence-electron chi connectivity index (χ1n) is 19.0. The summed E-state index contributed by atoms with van der Waals surface area (Å²) >= 11 is 0. The van der Waals surface area contributed by atoms with E-state index in [-0.39, 0.29) is 29.7 Å². The van der Waals surface area contributed by atoms with Gasteiger partial charge in [-0.2, -0.15) is 0 Å². The van der Waals surface area contributed by atoms with Crippen LogP contribution in [0.5, 0.6) is 5.75 Å². The number of allylic oxidation sites excluding steroid dienone is 1. The number of esters is 1. The van der Waals surface area contributed by atoms with Crippen LogP contribution in [0, 0.1) is 53.3 Å². The minimum Gasteiger partial charge on any atom is -0.481 e. The molecule has 0 aliphatic heterocycles. The number of rotatable bonds is 9. The molecule has 0 saturated heterocycles. The van der Waals surface area contributed by atoms with Gasteiger partial charge >= 0.3 is 11.6 Å². The van der Waals surface area contributed by atoms with E-state index in [1.54, 1.807) is 6.07 Å². The van der Waals surface area contributed by atoms with E-state index < -0.39 is 0 Å². The van der Waals surface area contributed by atoms with Crippen molar-refractivity contribution in [2.75, 3.05) is 6.61 Å². The fourth-order valence-electron chi connectivity index (χ4n) is 11.3. The van der Waals surface area contributed by atoms with E-state index in [1.165, 1.54) is 56.9 Å². The third-order valence-electron chi connectivity index (χ3n) is 13.9. The fourth-order valence-corrected chi connectivity index (χ4v) is 11.3. The quantitative estimate of drug-likeness (QED) is 0.0996. The van der Waals surface area contributed by atoms with E-state index in [2.05, 4.69) is 40.7 Å². The maximum Gasteiger partial charge on any atom is 0.344 e. The topological polar surface area (TPSA) is 65.7 Å².